The quantitative estimate of drug-likeness (QED) is 0.924. The van der Waals surface area contributed by atoms with E-state index in [1.807, 2.05) is 14.1 Å². The highest BCUT2D eigenvalue weighted by atomic mass is 19.4. The minimum atomic E-state index is -4.30. The van der Waals surface area contributed by atoms with E-state index >= 15 is 0 Å². The number of hydrogen-bond donors (Lipinski definition) is 1. The number of nitrogens with zero attached hydrogens (tertiary/aromatic N) is 1. The Morgan fingerprint density at radius 3 is 2.10 bits per heavy atom. The Labute approximate surface area is 123 Å². The summed E-state index contributed by atoms with van der Waals surface area (Å²) in [6.07, 6.45) is -1.57. The molecule has 1 N–H and O–H groups in total. The van der Waals surface area contributed by atoms with Gasteiger partial charge in [0.1, 0.15) is 0 Å². The predicted octanol–water partition coefficient (Wildman–Crippen LogP) is 3.44. The zero-order valence-corrected chi connectivity index (χ0v) is 12.5. The van der Waals surface area contributed by atoms with Crippen molar-refractivity contribution in [3.8, 4) is 0 Å². The fourth-order valence-electron chi connectivity index (χ4n) is 3.31. The third-order valence-corrected chi connectivity index (χ3v) is 4.36. The molecule has 0 aliphatic heterocycles. The largest absolute Gasteiger partial charge is 0.416 e. The molecular weight excluding hydrogens is 279 g/mol. The van der Waals surface area contributed by atoms with Crippen LogP contribution in [-0.2, 0) is 11.6 Å². The van der Waals surface area contributed by atoms with Crippen molar-refractivity contribution in [3.63, 3.8) is 0 Å². The van der Waals surface area contributed by atoms with Crippen LogP contribution < -0.4 is 0 Å². The molecule has 0 atom stereocenters. The second kappa shape index (κ2) is 5.97. The van der Waals surface area contributed by atoms with Crippen molar-refractivity contribution in [1.82, 2.24) is 4.90 Å². The van der Waals surface area contributed by atoms with E-state index in [1.54, 1.807) is 12.1 Å². The molecule has 0 aromatic heterocycles. The van der Waals surface area contributed by atoms with Gasteiger partial charge in [-0.25, -0.2) is 0 Å². The van der Waals surface area contributed by atoms with Crippen LogP contribution in [0.15, 0.2) is 24.3 Å². The molecule has 0 radical (unpaired) electrons. The van der Waals surface area contributed by atoms with E-state index in [1.165, 1.54) is 0 Å². The first-order chi connectivity index (χ1) is 9.73. The minimum Gasteiger partial charge on any atom is -0.393 e. The van der Waals surface area contributed by atoms with E-state index in [-0.39, 0.29) is 11.5 Å². The highest BCUT2D eigenvalue weighted by molar-refractivity contribution is 5.31. The van der Waals surface area contributed by atoms with Gasteiger partial charge in [-0.3, -0.25) is 0 Å². The molecule has 0 unspecified atom stereocenters. The fourth-order valence-corrected chi connectivity index (χ4v) is 3.31. The average molecular weight is 301 g/mol. The number of hydrogen-bond acceptors (Lipinski definition) is 2. The number of benzene rings is 1. The molecule has 1 aromatic rings. The van der Waals surface area contributed by atoms with Crippen LogP contribution in [0.5, 0.6) is 0 Å². The normalized spacial score (nSPS) is 27.1. The molecule has 2 nitrogen and oxygen atoms in total. The summed E-state index contributed by atoms with van der Waals surface area (Å²) < 4.78 is 38.0. The van der Waals surface area contributed by atoms with Gasteiger partial charge in [-0.2, -0.15) is 13.2 Å². The van der Waals surface area contributed by atoms with Crippen molar-refractivity contribution in [3.05, 3.63) is 35.4 Å². The lowest BCUT2D eigenvalue weighted by molar-refractivity contribution is -0.137. The summed E-state index contributed by atoms with van der Waals surface area (Å²) in [5.74, 6) is 0. The highest BCUT2D eigenvalue weighted by Gasteiger charge is 2.38. The first-order valence-corrected chi connectivity index (χ1v) is 7.23. The summed E-state index contributed by atoms with van der Waals surface area (Å²) in [6.45, 7) is 0.783. The lowest BCUT2D eigenvalue weighted by atomic mass is 9.68. The zero-order chi connectivity index (χ0) is 15.7. The van der Waals surface area contributed by atoms with Crippen molar-refractivity contribution in [2.45, 2.75) is 43.4 Å². The van der Waals surface area contributed by atoms with Gasteiger partial charge in [0, 0.05) is 12.0 Å². The van der Waals surface area contributed by atoms with Gasteiger partial charge in [-0.15, -0.1) is 0 Å². The van der Waals surface area contributed by atoms with Crippen LogP contribution in [0, 0.1) is 0 Å². The average Bonchev–Trinajstić information content (AvgIpc) is 2.40. The Bertz CT molecular complexity index is 459. The van der Waals surface area contributed by atoms with E-state index in [9.17, 15) is 18.3 Å². The summed E-state index contributed by atoms with van der Waals surface area (Å²) in [5, 5.41) is 9.71. The minimum absolute atomic E-state index is 0.160. The number of halogens is 3. The summed E-state index contributed by atoms with van der Waals surface area (Å²) >= 11 is 0. The standard InChI is InChI=1S/C16H22F3NO/c1-20(2)11-15(9-7-14(21)8-10-15)12-3-5-13(6-4-12)16(17,18)19/h3-6,14,21H,7-11H2,1-2H3. The van der Waals surface area contributed by atoms with Gasteiger partial charge >= 0.3 is 6.18 Å². The smallest absolute Gasteiger partial charge is 0.393 e. The van der Waals surface area contributed by atoms with Gasteiger partial charge in [-0.1, -0.05) is 12.1 Å². The predicted molar refractivity (Wildman–Crippen MR) is 76.2 cm³/mol. The molecule has 0 bridgehead atoms. The van der Waals surface area contributed by atoms with Gasteiger partial charge in [0.2, 0.25) is 0 Å². The van der Waals surface area contributed by atoms with Gasteiger partial charge in [0.15, 0.2) is 0 Å². The molecule has 2 rings (SSSR count). The Morgan fingerprint density at radius 2 is 1.67 bits per heavy atom. The van der Waals surface area contributed by atoms with Crippen LogP contribution in [0.3, 0.4) is 0 Å². The van der Waals surface area contributed by atoms with Gasteiger partial charge in [0.05, 0.1) is 11.7 Å². The Balaban J connectivity index is 2.29. The summed E-state index contributed by atoms with van der Waals surface area (Å²) in [6, 6.07) is 5.53. The second-order valence-electron chi connectivity index (χ2n) is 6.32. The number of alkyl halides is 3. The topological polar surface area (TPSA) is 23.5 Å². The van der Waals surface area contributed by atoms with Crippen molar-refractivity contribution in [2.75, 3.05) is 20.6 Å². The third kappa shape index (κ3) is 3.77. The molecule has 0 spiro atoms. The number of rotatable bonds is 3. The maximum absolute atomic E-state index is 12.7. The van der Waals surface area contributed by atoms with E-state index in [0.717, 1.165) is 37.1 Å². The molecule has 1 fully saturated rings. The van der Waals surface area contributed by atoms with Crippen molar-refractivity contribution in [2.24, 2.45) is 0 Å². The molecular formula is C16H22F3NO. The molecule has 1 aliphatic carbocycles. The lowest BCUT2D eigenvalue weighted by Gasteiger charge is -2.41. The molecule has 1 aromatic carbocycles. The Kier molecular flexibility index (Phi) is 4.63. The molecule has 0 heterocycles. The highest BCUT2D eigenvalue weighted by Crippen LogP contribution is 2.41. The number of aliphatic hydroxyl groups excluding tert-OH is 1. The zero-order valence-electron chi connectivity index (χ0n) is 12.5. The van der Waals surface area contributed by atoms with Crippen molar-refractivity contribution < 1.29 is 18.3 Å². The maximum atomic E-state index is 12.7. The van der Waals surface area contributed by atoms with Gasteiger partial charge in [0.25, 0.3) is 0 Å². The van der Waals surface area contributed by atoms with Crippen molar-refractivity contribution in [1.29, 1.82) is 0 Å². The lowest BCUT2D eigenvalue weighted by Crippen LogP contribution is -2.42. The monoisotopic (exact) mass is 301 g/mol. The number of likely N-dealkylation sites (N-methyl/N-ethyl adjacent to an activating group) is 1. The van der Waals surface area contributed by atoms with E-state index in [4.69, 9.17) is 0 Å². The van der Waals surface area contributed by atoms with Crippen LogP contribution in [0.25, 0.3) is 0 Å². The van der Waals surface area contributed by atoms with Gasteiger partial charge in [-0.05, 0) is 57.5 Å². The number of aliphatic hydroxyl groups is 1. The Hall–Kier alpha value is -1.07. The summed E-state index contributed by atoms with van der Waals surface area (Å²) in [4.78, 5) is 2.06. The van der Waals surface area contributed by atoms with Crippen LogP contribution >= 0.6 is 0 Å². The molecule has 0 amide bonds. The fraction of sp³-hybridized carbons (Fsp3) is 0.625. The molecule has 5 heteroatoms. The van der Waals surface area contributed by atoms with Crippen LogP contribution in [0.1, 0.15) is 36.8 Å². The maximum Gasteiger partial charge on any atom is 0.416 e. The first-order valence-electron chi connectivity index (χ1n) is 7.23. The SMILES string of the molecule is CN(C)CC1(c2ccc(C(F)(F)F)cc2)CCC(O)CC1. The molecule has 1 saturated carbocycles. The van der Waals surface area contributed by atoms with E-state index < -0.39 is 11.7 Å². The van der Waals surface area contributed by atoms with E-state index in [2.05, 4.69) is 4.90 Å². The third-order valence-electron chi connectivity index (χ3n) is 4.36. The molecule has 21 heavy (non-hydrogen) atoms. The molecule has 1 aliphatic rings. The summed E-state index contributed by atoms with van der Waals surface area (Å²) in [7, 11) is 3.94. The first kappa shape index (κ1) is 16.3. The Morgan fingerprint density at radius 1 is 1.14 bits per heavy atom. The second-order valence-corrected chi connectivity index (χ2v) is 6.32. The molecule has 0 saturated heterocycles. The molecule has 118 valence electrons. The van der Waals surface area contributed by atoms with Crippen LogP contribution in [-0.4, -0.2) is 36.8 Å². The summed E-state index contributed by atoms with van der Waals surface area (Å²) in [5.41, 5.74) is 0.172. The van der Waals surface area contributed by atoms with E-state index in [0.29, 0.717) is 12.8 Å². The van der Waals surface area contributed by atoms with Crippen LogP contribution in [0.4, 0.5) is 13.2 Å². The van der Waals surface area contributed by atoms with Gasteiger partial charge < -0.3 is 10.0 Å². The van der Waals surface area contributed by atoms with Crippen molar-refractivity contribution >= 4 is 0 Å². The van der Waals surface area contributed by atoms with Crippen LogP contribution in [0.2, 0.25) is 0 Å².